The molecule has 0 aromatic heterocycles. The van der Waals surface area contributed by atoms with Gasteiger partial charge in [-0.2, -0.15) is 0 Å². The van der Waals surface area contributed by atoms with E-state index in [-0.39, 0.29) is 6.04 Å². The Balaban J connectivity index is 2.75. The molecule has 0 unspecified atom stereocenters. The lowest BCUT2D eigenvalue weighted by Gasteiger charge is -1.99. The van der Waals surface area contributed by atoms with Crippen LogP contribution >= 0.6 is 0 Å². The van der Waals surface area contributed by atoms with Crippen LogP contribution in [0.1, 0.15) is 0 Å². The van der Waals surface area contributed by atoms with Crippen molar-refractivity contribution < 1.29 is 0 Å². The van der Waals surface area contributed by atoms with E-state index in [1.165, 1.54) is 0 Å². The molecule has 0 aliphatic carbocycles. The Labute approximate surface area is 37.5 Å². The molecule has 0 heterocycles. The lowest BCUT2D eigenvalue weighted by atomic mass is 10.3. The largest absolute Gasteiger partial charge is 0.329 e. The second-order valence-corrected chi connectivity index (χ2v) is 1.23. The summed E-state index contributed by atoms with van der Waals surface area (Å²) in [6, 6.07) is -0.00926. The van der Waals surface area contributed by atoms with Gasteiger partial charge >= 0.3 is 0 Å². The minimum atomic E-state index is -0.00926. The Morgan fingerprint density at radius 2 is 1.50 bits per heavy atom. The molecule has 3 heteroatoms. The molecule has 0 radical (unpaired) electrons. The molecule has 3 nitrogen and oxygen atoms in total. The van der Waals surface area contributed by atoms with Crippen LogP contribution in [0.2, 0.25) is 0 Å². The standard InChI is InChI=1S/C3H11N3/c4-1-3(6)2-5/h3H,1-2,4-6H2. The summed E-state index contributed by atoms with van der Waals surface area (Å²) < 4.78 is 0. The van der Waals surface area contributed by atoms with Gasteiger partial charge in [0.2, 0.25) is 0 Å². The van der Waals surface area contributed by atoms with E-state index in [0.29, 0.717) is 13.1 Å². The molecule has 0 fully saturated rings. The fraction of sp³-hybridized carbons (Fsp3) is 1.00. The van der Waals surface area contributed by atoms with Crippen molar-refractivity contribution in [1.82, 2.24) is 0 Å². The smallest absolute Gasteiger partial charge is 0.0287 e. The van der Waals surface area contributed by atoms with Gasteiger partial charge in [-0.05, 0) is 0 Å². The molecule has 0 amide bonds. The quantitative estimate of drug-likeness (QED) is 0.374. The molecule has 0 atom stereocenters. The van der Waals surface area contributed by atoms with Gasteiger partial charge in [0.05, 0.1) is 0 Å². The van der Waals surface area contributed by atoms with Crippen LogP contribution in [-0.2, 0) is 0 Å². The van der Waals surface area contributed by atoms with Crippen molar-refractivity contribution in [3.05, 3.63) is 0 Å². The molecule has 0 aromatic rings. The topological polar surface area (TPSA) is 78.1 Å². The third kappa shape index (κ3) is 2.14. The highest BCUT2D eigenvalue weighted by Crippen LogP contribution is 1.59. The van der Waals surface area contributed by atoms with Crippen LogP contribution in [0.3, 0.4) is 0 Å². The molecule has 0 saturated heterocycles. The number of nitrogens with two attached hydrogens (primary N) is 3. The Hall–Kier alpha value is -0.120. The SMILES string of the molecule is NCC(N)CN. The summed E-state index contributed by atoms with van der Waals surface area (Å²) in [7, 11) is 0. The molecule has 0 aliphatic rings. The van der Waals surface area contributed by atoms with Crippen LogP contribution in [0, 0.1) is 0 Å². The molecule has 38 valence electrons. The Morgan fingerprint density at radius 1 is 1.17 bits per heavy atom. The van der Waals surface area contributed by atoms with Gasteiger partial charge in [0.25, 0.3) is 0 Å². The van der Waals surface area contributed by atoms with Crippen molar-refractivity contribution in [2.45, 2.75) is 6.04 Å². The van der Waals surface area contributed by atoms with Crippen LogP contribution in [0.15, 0.2) is 0 Å². The number of hydrogen-bond acceptors (Lipinski definition) is 3. The van der Waals surface area contributed by atoms with Crippen LogP contribution in [0.5, 0.6) is 0 Å². The molecule has 0 spiro atoms. The maximum atomic E-state index is 5.22. The van der Waals surface area contributed by atoms with E-state index in [1.807, 2.05) is 0 Å². The van der Waals surface area contributed by atoms with E-state index in [9.17, 15) is 0 Å². The first kappa shape index (κ1) is 5.88. The van der Waals surface area contributed by atoms with E-state index in [2.05, 4.69) is 0 Å². The van der Waals surface area contributed by atoms with E-state index in [4.69, 9.17) is 17.2 Å². The van der Waals surface area contributed by atoms with Gasteiger partial charge in [-0.15, -0.1) is 0 Å². The minimum Gasteiger partial charge on any atom is -0.329 e. The van der Waals surface area contributed by atoms with Gasteiger partial charge in [0.15, 0.2) is 0 Å². The molecule has 0 aliphatic heterocycles. The van der Waals surface area contributed by atoms with E-state index in [0.717, 1.165) is 0 Å². The second kappa shape index (κ2) is 3.08. The highest BCUT2D eigenvalue weighted by molar-refractivity contribution is 4.59. The van der Waals surface area contributed by atoms with Crippen LogP contribution in [0.25, 0.3) is 0 Å². The normalized spacial score (nSPS) is 10.0. The first-order chi connectivity index (χ1) is 2.81. The van der Waals surface area contributed by atoms with Crippen LogP contribution < -0.4 is 17.2 Å². The zero-order valence-electron chi connectivity index (χ0n) is 3.72. The molecular weight excluding hydrogens is 78.1 g/mol. The molecule has 0 aromatic carbocycles. The van der Waals surface area contributed by atoms with Crippen LogP contribution in [-0.4, -0.2) is 19.1 Å². The summed E-state index contributed by atoms with van der Waals surface area (Å²) in [5.74, 6) is 0. The highest BCUT2D eigenvalue weighted by atomic mass is 14.8. The maximum absolute atomic E-state index is 5.22. The lowest BCUT2D eigenvalue weighted by Crippen LogP contribution is -2.36. The Kier molecular flexibility index (Phi) is 3.02. The van der Waals surface area contributed by atoms with Crippen molar-refractivity contribution >= 4 is 0 Å². The van der Waals surface area contributed by atoms with Gasteiger partial charge in [0, 0.05) is 19.1 Å². The van der Waals surface area contributed by atoms with Gasteiger partial charge in [-0.1, -0.05) is 0 Å². The van der Waals surface area contributed by atoms with Gasteiger partial charge < -0.3 is 17.2 Å². The predicted molar refractivity (Wildman–Crippen MR) is 26.1 cm³/mol. The average molecular weight is 89.1 g/mol. The summed E-state index contributed by atoms with van der Waals surface area (Å²) in [4.78, 5) is 0. The summed E-state index contributed by atoms with van der Waals surface area (Å²) in [6.45, 7) is 0.965. The van der Waals surface area contributed by atoms with Crippen LogP contribution in [0.4, 0.5) is 0 Å². The Bertz CT molecular complexity index is 25.2. The molecule has 6 N–H and O–H groups in total. The lowest BCUT2D eigenvalue weighted by molar-refractivity contribution is 0.692. The van der Waals surface area contributed by atoms with Crippen molar-refractivity contribution in [3.63, 3.8) is 0 Å². The van der Waals surface area contributed by atoms with E-state index in [1.54, 1.807) is 0 Å². The Morgan fingerprint density at radius 3 is 1.50 bits per heavy atom. The monoisotopic (exact) mass is 89.1 g/mol. The second-order valence-electron chi connectivity index (χ2n) is 1.23. The van der Waals surface area contributed by atoms with Gasteiger partial charge in [-0.25, -0.2) is 0 Å². The van der Waals surface area contributed by atoms with Crippen molar-refractivity contribution in [3.8, 4) is 0 Å². The summed E-state index contributed by atoms with van der Waals surface area (Å²) in [5.41, 5.74) is 15.4. The average Bonchev–Trinajstić information content (AvgIpc) is 1.65. The zero-order valence-corrected chi connectivity index (χ0v) is 3.72. The number of hydrogen-bond donors (Lipinski definition) is 3. The minimum absolute atomic E-state index is 0.00926. The number of rotatable bonds is 2. The maximum Gasteiger partial charge on any atom is 0.0287 e. The third-order valence-corrected chi connectivity index (χ3v) is 0.605. The third-order valence-electron chi connectivity index (χ3n) is 0.605. The highest BCUT2D eigenvalue weighted by Gasteiger charge is 1.89. The van der Waals surface area contributed by atoms with Gasteiger partial charge in [0.1, 0.15) is 0 Å². The predicted octanol–water partition coefficient (Wildman–Crippen LogP) is -1.77. The summed E-state index contributed by atoms with van der Waals surface area (Å²) in [5, 5.41) is 0. The molecule has 0 rings (SSSR count). The summed E-state index contributed by atoms with van der Waals surface area (Å²) >= 11 is 0. The molecule has 0 bridgehead atoms. The fourth-order valence-electron chi connectivity index (χ4n) is 0.0962. The van der Waals surface area contributed by atoms with E-state index >= 15 is 0 Å². The first-order valence-electron chi connectivity index (χ1n) is 1.97. The van der Waals surface area contributed by atoms with Gasteiger partial charge in [-0.3, -0.25) is 0 Å². The molecule has 6 heavy (non-hydrogen) atoms. The van der Waals surface area contributed by atoms with Crippen molar-refractivity contribution in [2.24, 2.45) is 17.2 Å². The van der Waals surface area contributed by atoms with Crippen molar-refractivity contribution in [1.29, 1.82) is 0 Å². The van der Waals surface area contributed by atoms with Crippen molar-refractivity contribution in [2.75, 3.05) is 13.1 Å². The first-order valence-corrected chi connectivity index (χ1v) is 1.97. The zero-order chi connectivity index (χ0) is 4.99. The molecule has 0 saturated carbocycles. The molecular formula is C3H11N3. The van der Waals surface area contributed by atoms with E-state index < -0.39 is 0 Å². The fourth-order valence-corrected chi connectivity index (χ4v) is 0.0962. The summed E-state index contributed by atoms with van der Waals surface area (Å²) in [6.07, 6.45) is 0.